The molecule has 26 heavy (non-hydrogen) atoms. The van der Waals surface area contributed by atoms with Crippen LogP contribution in [0.25, 0.3) is 0 Å². The molecule has 2 aromatic carbocycles. The number of carbonyl (C=O) groups excluding carboxylic acids is 2. The van der Waals surface area contributed by atoms with E-state index in [2.05, 4.69) is 26.6 Å². The van der Waals surface area contributed by atoms with E-state index in [0.717, 1.165) is 5.56 Å². The summed E-state index contributed by atoms with van der Waals surface area (Å²) in [4.78, 5) is 25.0. The van der Waals surface area contributed by atoms with Crippen molar-refractivity contribution >= 4 is 45.2 Å². The molecule has 0 saturated carbocycles. The van der Waals surface area contributed by atoms with Gasteiger partial charge in [0.1, 0.15) is 11.9 Å². The van der Waals surface area contributed by atoms with Gasteiger partial charge in [-0.25, -0.2) is 4.39 Å². The molecule has 0 aliphatic heterocycles. The Balaban J connectivity index is 2.12. The molecule has 138 valence electrons. The molecule has 0 bridgehead atoms. The van der Waals surface area contributed by atoms with E-state index in [1.54, 1.807) is 36.0 Å². The number of benzene rings is 2. The van der Waals surface area contributed by atoms with E-state index < -0.39 is 17.8 Å². The van der Waals surface area contributed by atoms with Gasteiger partial charge in [-0.15, -0.1) is 0 Å². The summed E-state index contributed by atoms with van der Waals surface area (Å²) in [6, 6.07) is 10.8. The molecule has 0 radical (unpaired) electrons. The van der Waals surface area contributed by atoms with E-state index in [4.69, 9.17) is 0 Å². The largest absolute Gasteiger partial charge is 0.340 e. The number of halogens is 2. The van der Waals surface area contributed by atoms with Crippen molar-refractivity contribution in [3.05, 3.63) is 63.9 Å². The normalized spacial score (nSPS) is 11.7. The lowest BCUT2D eigenvalue weighted by Gasteiger charge is -2.18. The molecule has 0 aliphatic rings. The van der Waals surface area contributed by atoms with Crippen LogP contribution < -0.4 is 10.6 Å². The van der Waals surface area contributed by atoms with E-state index in [-0.39, 0.29) is 11.6 Å². The third-order valence-electron chi connectivity index (χ3n) is 3.70. The number of aryl methyl sites for hydroxylation is 1. The zero-order chi connectivity index (χ0) is 19.1. The number of carbonyl (C=O) groups is 2. The second-order valence-corrected chi connectivity index (χ2v) is 7.69. The van der Waals surface area contributed by atoms with Gasteiger partial charge in [0, 0.05) is 10.0 Å². The molecule has 2 aromatic rings. The van der Waals surface area contributed by atoms with Crippen LogP contribution in [0.4, 0.5) is 10.1 Å². The summed E-state index contributed by atoms with van der Waals surface area (Å²) in [5.74, 6) is -0.622. The van der Waals surface area contributed by atoms with Gasteiger partial charge in [0.2, 0.25) is 5.91 Å². The van der Waals surface area contributed by atoms with E-state index in [1.807, 2.05) is 19.2 Å². The van der Waals surface area contributed by atoms with Gasteiger partial charge in [0.15, 0.2) is 0 Å². The quantitative estimate of drug-likeness (QED) is 0.673. The van der Waals surface area contributed by atoms with Crippen molar-refractivity contribution in [2.45, 2.75) is 19.4 Å². The van der Waals surface area contributed by atoms with Crippen LogP contribution in [-0.2, 0) is 4.79 Å². The van der Waals surface area contributed by atoms with Crippen molar-refractivity contribution in [3.8, 4) is 0 Å². The summed E-state index contributed by atoms with van der Waals surface area (Å²) in [6.45, 7) is 1.89. The summed E-state index contributed by atoms with van der Waals surface area (Å²) in [5.41, 5.74) is 1.53. The van der Waals surface area contributed by atoms with E-state index in [1.165, 1.54) is 12.1 Å². The Kier molecular flexibility index (Phi) is 7.66. The Labute approximate surface area is 165 Å². The molecule has 4 nitrogen and oxygen atoms in total. The molecule has 2 amide bonds. The third kappa shape index (κ3) is 5.85. The maximum atomic E-state index is 14.0. The average molecular weight is 439 g/mol. The average Bonchev–Trinajstić information content (AvgIpc) is 2.60. The van der Waals surface area contributed by atoms with Crippen molar-refractivity contribution in [2.24, 2.45) is 0 Å². The number of rotatable bonds is 7. The molecule has 0 aromatic heterocycles. The van der Waals surface area contributed by atoms with Crippen molar-refractivity contribution < 1.29 is 14.0 Å². The fourth-order valence-corrected chi connectivity index (χ4v) is 3.15. The molecule has 0 aliphatic carbocycles. The second-order valence-electron chi connectivity index (χ2n) is 5.79. The predicted molar refractivity (Wildman–Crippen MR) is 108 cm³/mol. The number of anilines is 1. The van der Waals surface area contributed by atoms with Crippen molar-refractivity contribution in [3.63, 3.8) is 0 Å². The third-order valence-corrected chi connectivity index (χ3v) is 4.84. The van der Waals surface area contributed by atoms with Gasteiger partial charge in [-0.2, -0.15) is 11.8 Å². The Morgan fingerprint density at radius 1 is 1.23 bits per heavy atom. The Hall–Kier alpha value is -1.86. The summed E-state index contributed by atoms with van der Waals surface area (Å²) in [5, 5.41) is 5.31. The smallest absolute Gasteiger partial charge is 0.251 e. The molecule has 0 spiro atoms. The molecule has 0 saturated heterocycles. The summed E-state index contributed by atoms with van der Waals surface area (Å²) in [6.07, 6.45) is 2.37. The highest BCUT2D eigenvalue weighted by Crippen LogP contribution is 2.20. The maximum Gasteiger partial charge on any atom is 0.251 e. The fraction of sp³-hybridized carbons (Fsp3) is 0.263. The first kappa shape index (κ1) is 20.5. The zero-order valence-electron chi connectivity index (χ0n) is 14.5. The monoisotopic (exact) mass is 438 g/mol. The van der Waals surface area contributed by atoms with Gasteiger partial charge in [0.25, 0.3) is 5.91 Å². The van der Waals surface area contributed by atoms with E-state index in [0.29, 0.717) is 22.2 Å². The van der Waals surface area contributed by atoms with Crippen molar-refractivity contribution in [1.82, 2.24) is 5.32 Å². The van der Waals surface area contributed by atoms with E-state index in [9.17, 15) is 14.0 Å². The van der Waals surface area contributed by atoms with Gasteiger partial charge >= 0.3 is 0 Å². The van der Waals surface area contributed by atoms with Crippen LogP contribution in [0, 0.1) is 12.7 Å². The molecule has 2 N–H and O–H groups in total. The maximum absolute atomic E-state index is 14.0. The minimum absolute atomic E-state index is 0.0807. The molecule has 2 rings (SSSR count). The molecular weight excluding hydrogens is 419 g/mol. The van der Waals surface area contributed by atoms with Gasteiger partial charge in [-0.1, -0.05) is 33.6 Å². The molecule has 7 heteroatoms. The topological polar surface area (TPSA) is 58.2 Å². The van der Waals surface area contributed by atoms with Gasteiger partial charge in [-0.3, -0.25) is 9.59 Å². The first-order valence-corrected chi connectivity index (χ1v) is 10.2. The van der Waals surface area contributed by atoms with Crippen LogP contribution in [0.5, 0.6) is 0 Å². The van der Waals surface area contributed by atoms with Crippen LogP contribution in [0.1, 0.15) is 22.3 Å². The Morgan fingerprint density at radius 3 is 2.65 bits per heavy atom. The lowest BCUT2D eigenvalue weighted by Crippen LogP contribution is -2.44. The summed E-state index contributed by atoms with van der Waals surface area (Å²) in [7, 11) is 0. The first-order valence-electron chi connectivity index (χ1n) is 8.03. The molecule has 1 unspecified atom stereocenters. The molecular formula is C19H20BrFN2O2S. The standard InChI is InChI=1S/C19H20BrFN2O2S/c1-12-4-3-5-13(10-12)18(24)23-17(8-9-26-2)19(25)22-16-7-6-14(20)11-15(16)21/h3-7,10-11,17H,8-9H2,1-2H3,(H,22,25)(H,23,24). The highest BCUT2D eigenvalue weighted by Gasteiger charge is 2.22. The highest BCUT2D eigenvalue weighted by atomic mass is 79.9. The SMILES string of the molecule is CSCCC(NC(=O)c1cccc(C)c1)C(=O)Nc1ccc(Br)cc1F. The summed E-state index contributed by atoms with van der Waals surface area (Å²) < 4.78 is 14.5. The highest BCUT2D eigenvalue weighted by molar-refractivity contribution is 9.10. The van der Waals surface area contributed by atoms with Crippen LogP contribution >= 0.6 is 27.7 Å². The number of amides is 2. The minimum atomic E-state index is -0.751. The number of hydrogen-bond acceptors (Lipinski definition) is 3. The molecule has 1 atom stereocenters. The van der Waals surface area contributed by atoms with Crippen LogP contribution in [0.15, 0.2) is 46.9 Å². The number of nitrogens with one attached hydrogen (secondary N) is 2. The fourth-order valence-electron chi connectivity index (χ4n) is 2.34. The number of thioether (sulfide) groups is 1. The zero-order valence-corrected chi connectivity index (χ0v) is 16.9. The molecule has 0 fully saturated rings. The van der Waals surface area contributed by atoms with Crippen molar-refractivity contribution in [1.29, 1.82) is 0 Å². The van der Waals surface area contributed by atoms with Crippen molar-refractivity contribution in [2.75, 3.05) is 17.3 Å². The number of hydrogen-bond donors (Lipinski definition) is 2. The Bertz CT molecular complexity index is 801. The Morgan fingerprint density at radius 2 is 2.00 bits per heavy atom. The van der Waals surface area contributed by atoms with Gasteiger partial charge in [0.05, 0.1) is 5.69 Å². The predicted octanol–water partition coefficient (Wildman–Crippen LogP) is 4.39. The van der Waals surface area contributed by atoms with Crippen LogP contribution in [0.3, 0.4) is 0 Å². The molecule has 0 heterocycles. The minimum Gasteiger partial charge on any atom is -0.340 e. The first-order chi connectivity index (χ1) is 12.4. The lowest BCUT2D eigenvalue weighted by molar-refractivity contribution is -0.118. The van der Waals surface area contributed by atoms with Crippen LogP contribution in [0.2, 0.25) is 0 Å². The second kappa shape index (κ2) is 9.73. The lowest BCUT2D eigenvalue weighted by atomic mass is 10.1. The van der Waals surface area contributed by atoms with Crippen LogP contribution in [-0.4, -0.2) is 29.9 Å². The van der Waals surface area contributed by atoms with Gasteiger partial charge < -0.3 is 10.6 Å². The van der Waals surface area contributed by atoms with E-state index >= 15 is 0 Å². The summed E-state index contributed by atoms with van der Waals surface area (Å²) >= 11 is 4.75. The van der Waals surface area contributed by atoms with Gasteiger partial charge in [-0.05, 0) is 55.7 Å².